The van der Waals surface area contributed by atoms with Gasteiger partial charge in [0.15, 0.2) is 5.11 Å². The van der Waals surface area contributed by atoms with Crippen molar-refractivity contribution in [2.75, 3.05) is 5.32 Å². The number of nitrogens with zero attached hydrogens (tertiary/aromatic N) is 1. The van der Waals surface area contributed by atoms with Crippen molar-refractivity contribution in [3.8, 4) is 0 Å². The molecule has 1 saturated carbocycles. The molecule has 2 aromatic rings. The van der Waals surface area contributed by atoms with E-state index in [2.05, 4.69) is 69.5 Å². The molecule has 0 amide bonds. The SMILES string of the molecule is C[C@H](C1CC1)N(Cc1ccccc1)C(=S)Nc1cccc(Br)c1. The van der Waals surface area contributed by atoms with Gasteiger partial charge in [0, 0.05) is 22.7 Å². The molecule has 2 nitrogen and oxygen atoms in total. The summed E-state index contributed by atoms with van der Waals surface area (Å²) in [6, 6.07) is 19.1. The second kappa shape index (κ2) is 7.45. The van der Waals surface area contributed by atoms with Gasteiger partial charge in [0.05, 0.1) is 0 Å². The highest BCUT2D eigenvalue weighted by Gasteiger charge is 2.33. The fourth-order valence-corrected chi connectivity index (χ4v) is 3.52. The molecule has 4 heteroatoms. The molecule has 1 N–H and O–H groups in total. The number of anilines is 1. The quantitative estimate of drug-likeness (QED) is 0.685. The third kappa shape index (κ3) is 4.55. The first-order valence-corrected chi connectivity index (χ1v) is 9.21. The second-order valence-electron chi connectivity index (χ2n) is 6.13. The Morgan fingerprint density at radius 2 is 1.96 bits per heavy atom. The van der Waals surface area contributed by atoms with Crippen LogP contribution in [0.2, 0.25) is 0 Å². The fraction of sp³-hybridized carbons (Fsp3) is 0.316. The third-order valence-corrected chi connectivity index (χ3v) is 5.16. The Morgan fingerprint density at radius 1 is 1.22 bits per heavy atom. The number of benzene rings is 2. The average molecular weight is 389 g/mol. The Kier molecular flexibility index (Phi) is 5.34. The van der Waals surface area contributed by atoms with Crippen LogP contribution in [-0.2, 0) is 6.54 Å². The van der Waals surface area contributed by atoms with Crippen LogP contribution in [0.1, 0.15) is 25.3 Å². The average Bonchev–Trinajstić information content (AvgIpc) is 3.38. The summed E-state index contributed by atoms with van der Waals surface area (Å²) < 4.78 is 1.05. The monoisotopic (exact) mass is 388 g/mol. The number of nitrogens with one attached hydrogen (secondary N) is 1. The number of thiocarbonyl (C=S) groups is 1. The molecule has 23 heavy (non-hydrogen) atoms. The highest BCUT2D eigenvalue weighted by Crippen LogP contribution is 2.36. The molecule has 1 fully saturated rings. The molecule has 0 aliphatic heterocycles. The fourth-order valence-electron chi connectivity index (χ4n) is 2.78. The number of hydrogen-bond donors (Lipinski definition) is 1. The van der Waals surface area contributed by atoms with Gasteiger partial charge in [0.1, 0.15) is 0 Å². The van der Waals surface area contributed by atoms with E-state index in [0.29, 0.717) is 6.04 Å². The minimum absolute atomic E-state index is 0.461. The van der Waals surface area contributed by atoms with Crippen LogP contribution < -0.4 is 5.32 Å². The van der Waals surface area contributed by atoms with E-state index in [4.69, 9.17) is 12.2 Å². The van der Waals surface area contributed by atoms with Gasteiger partial charge < -0.3 is 10.2 Å². The van der Waals surface area contributed by atoms with Crippen LogP contribution in [0, 0.1) is 5.92 Å². The molecule has 0 radical (unpaired) electrons. The molecule has 3 rings (SSSR count). The van der Waals surface area contributed by atoms with E-state index in [1.807, 2.05) is 18.2 Å². The van der Waals surface area contributed by atoms with E-state index < -0.39 is 0 Å². The molecule has 1 aliphatic rings. The van der Waals surface area contributed by atoms with Crippen molar-refractivity contribution in [2.24, 2.45) is 5.92 Å². The molecule has 0 heterocycles. The topological polar surface area (TPSA) is 15.3 Å². The molecule has 0 bridgehead atoms. The molecular formula is C19H21BrN2S. The molecule has 0 unspecified atom stereocenters. The van der Waals surface area contributed by atoms with Crippen molar-refractivity contribution in [3.05, 3.63) is 64.6 Å². The lowest BCUT2D eigenvalue weighted by Crippen LogP contribution is -2.41. The Bertz CT molecular complexity index is 670. The van der Waals surface area contributed by atoms with Gasteiger partial charge in [-0.3, -0.25) is 0 Å². The molecule has 0 saturated heterocycles. The Morgan fingerprint density at radius 3 is 2.61 bits per heavy atom. The largest absolute Gasteiger partial charge is 0.342 e. The minimum Gasteiger partial charge on any atom is -0.342 e. The lowest BCUT2D eigenvalue weighted by molar-refractivity contribution is 0.298. The molecule has 0 aromatic heterocycles. The number of rotatable bonds is 5. The Hall–Kier alpha value is -1.39. The maximum absolute atomic E-state index is 5.72. The Labute approximate surface area is 152 Å². The smallest absolute Gasteiger partial charge is 0.173 e. The summed E-state index contributed by atoms with van der Waals surface area (Å²) in [6.07, 6.45) is 2.62. The Balaban J connectivity index is 1.75. The molecule has 1 aliphatic carbocycles. The molecule has 2 aromatic carbocycles. The van der Waals surface area contributed by atoms with Gasteiger partial charge in [-0.25, -0.2) is 0 Å². The number of hydrogen-bond acceptors (Lipinski definition) is 1. The van der Waals surface area contributed by atoms with Crippen molar-refractivity contribution in [1.82, 2.24) is 4.90 Å². The minimum atomic E-state index is 0.461. The van der Waals surface area contributed by atoms with E-state index >= 15 is 0 Å². The zero-order valence-corrected chi connectivity index (χ0v) is 15.6. The highest BCUT2D eigenvalue weighted by molar-refractivity contribution is 9.10. The molecular weight excluding hydrogens is 368 g/mol. The van der Waals surface area contributed by atoms with Crippen molar-refractivity contribution in [2.45, 2.75) is 32.4 Å². The van der Waals surface area contributed by atoms with Gasteiger partial charge >= 0.3 is 0 Å². The lowest BCUT2D eigenvalue weighted by Gasteiger charge is -2.32. The first-order chi connectivity index (χ1) is 11.1. The summed E-state index contributed by atoms with van der Waals surface area (Å²) in [5.74, 6) is 0.765. The van der Waals surface area contributed by atoms with Crippen LogP contribution >= 0.6 is 28.1 Å². The van der Waals surface area contributed by atoms with Crippen LogP contribution in [0.4, 0.5) is 5.69 Å². The van der Waals surface area contributed by atoms with Crippen molar-refractivity contribution < 1.29 is 0 Å². The zero-order chi connectivity index (χ0) is 16.2. The normalized spacial score (nSPS) is 15.0. The summed E-state index contributed by atoms with van der Waals surface area (Å²) >= 11 is 9.23. The van der Waals surface area contributed by atoms with Crippen LogP contribution in [0.3, 0.4) is 0 Å². The molecule has 1 atom stereocenters. The predicted octanol–water partition coefficient (Wildman–Crippen LogP) is 5.45. The van der Waals surface area contributed by atoms with Gasteiger partial charge in [-0.2, -0.15) is 0 Å². The summed E-state index contributed by atoms with van der Waals surface area (Å²) in [4.78, 5) is 2.32. The van der Waals surface area contributed by atoms with Crippen LogP contribution in [0.25, 0.3) is 0 Å². The standard InChI is InChI=1S/C19H21BrN2S/c1-14(16-10-11-16)22(13-15-6-3-2-4-7-15)19(23)21-18-9-5-8-17(20)12-18/h2-9,12,14,16H,10-11,13H2,1H3,(H,21,23)/t14-/m1/s1. The van der Waals surface area contributed by atoms with E-state index in [9.17, 15) is 0 Å². The first kappa shape index (κ1) is 16.5. The highest BCUT2D eigenvalue weighted by atomic mass is 79.9. The van der Waals surface area contributed by atoms with Crippen molar-refractivity contribution >= 4 is 38.9 Å². The van der Waals surface area contributed by atoms with Gasteiger partial charge in [-0.1, -0.05) is 52.3 Å². The van der Waals surface area contributed by atoms with Crippen LogP contribution in [-0.4, -0.2) is 16.1 Å². The maximum Gasteiger partial charge on any atom is 0.173 e. The van der Waals surface area contributed by atoms with Crippen LogP contribution in [0.15, 0.2) is 59.1 Å². The predicted molar refractivity (Wildman–Crippen MR) is 105 cm³/mol. The number of halogens is 1. The maximum atomic E-state index is 5.72. The van der Waals surface area contributed by atoms with Crippen LogP contribution in [0.5, 0.6) is 0 Å². The van der Waals surface area contributed by atoms with E-state index in [1.165, 1.54) is 18.4 Å². The van der Waals surface area contributed by atoms with E-state index in [1.54, 1.807) is 0 Å². The van der Waals surface area contributed by atoms with Gasteiger partial charge in [-0.15, -0.1) is 0 Å². The summed E-state index contributed by atoms with van der Waals surface area (Å²) in [5, 5.41) is 4.19. The second-order valence-corrected chi connectivity index (χ2v) is 7.43. The summed E-state index contributed by atoms with van der Waals surface area (Å²) in [5.41, 5.74) is 2.31. The first-order valence-electron chi connectivity index (χ1n) is 8.00. The zero-order valence-electron chi connectivity index (χ0n) is 13.2. The molecule has 120 valence electrons. The van der Waals surface area contributed by atoms with Gasteiger partial charge in [0.2, 0.25) is 0 Å². The third-order valence-electron chi connectivity index (χ3n) is 4.33. The van der Waals surface area contributed by atoms with E-state index in [-0.39, 0.29) is 0 Å². The van der Waals surface area contributed by atoms with Gasteiger partial charge in [0.25, 0.3) is 0 Å². The van der Waals surface area contributed by atoms with Crippen molar-refractivity contribution in [3.63, 3.8) is 0 Å². The lowest BCUT2D eigenvalue weighted by atomic mass is 10.1. The molecule has 0 spiro atoms. The summed E-state index contributed by atoms with van der Waals surface area (Å²) in [6.45, 7) is 3.13. The summed E-state index contributed by atoms with van der Waals surface area (Å²) in [7, 11) is 0. The van der Waals surface area contributed by atoms with Gasteiger partial charge in [-0.05, 0) is 61.7 Å². The van der Waals surface area contributed by atoms with E-state index in [0.717, 1.165) is 27.7 Å². The van der Waals surface area contributed by atoms with Crippen molar-refractivity contribution in [1.29, 1.82) is 0 Å².